The molecule has 1 unspecified atom stereocenters. The Hall–Kier alpha value is -2.17. The van der Waals surface area contributed by atoms with E-state index in [4.69, 9.17) is 9.47 Å². The summed E-state index contributed by atoms with van der Waals surface area (Å²) in [6.45, 7) is 7.72. The lowest BCUT2D eigenvalue weighted by Crippen LogP contribution is -2.38. The van der Waals surface area contributed by atoms with Gasteiger partial charge in [-0.05, 0) is 45.4 Å². The van der Waals surface area contributed by atoms with E-state index in [1.54, 1.807) is 14.2 Å². The highest BCUT2D eigenvalue weighted by Crippen LogP contribution is 2.29. The molecule has 0 saturated carbocycles. The molecule has 2 N–H and O–H groups in total. The van der Waals surface area contributed by atoms with Crippen LogP contribution in [-0.4, -0.2) is 33.3 Å². The van der Waals surface area contributed by atoms with Crippen LogP contribution in [0.1, 0.15) is 38.8 Å². The van der Waals surface area contributed by atoms with Gasteiger partial charge in [0.1, 0.15) is 11.5 Å². The summed E-state index contributed by atoms with van der Waals surface area (Å²) in [5, 5.41) is 6.69. The number of hydrogen-bond acceptors (Lipinski definition) is 3. The number of methoxy groups -OCH3 is 2. The van der Waals surface area contributed by atoms with Crippen LogP contribution in [0, 0.1) is 0 Å². The fourth-order valence-electron chi connectivity index (χ4n) is 2.20. The second-order valence-corrected chi connectivity index (χ2v) is 5.09. The topological polar surface area (TPSA) is 54.9 Å². The zero-order chi connectivity index (χ0) is 17.1. The minimum Gasteiger partial charge on any atom is -0.497 e. The molecule has 0 aliphatic carbocycles. The van der Waals surface area contributed by atoms with E-state index < -0.39 is 0 Å². The highest BCUT2D eigenvalue weighted by atomic mass is 16.5. The molecule has 0 heterocycles. The average Bonchev–Trinajstić information content (AvgIpc) is 2.58. The summed E-state index contributed by atoms with van der Waals surface area (Å²) in [7, 11) is 3.34. The number of aliphatic imine (C=N–C) groups is 1. The molecule has 0 aliphatic rings. The van der Waals surface area contributed by atoms with Crippen LogP contribution in [-0.2, 0) is 0 Å². The van der Waals surface area contributed by atoms with Crippen LogP contribution in [0.2, 0.25) is 0 Å². The number of nitrogens with one attached hydrogen (secondary N) is 2. The van der Waals surface area contributed by atoms with E-state index in [0.29, 0.717) is 0 Å². The third-order valence-corrected chi connectivity index (χ3v) is 3.40. The summed E-state index contributed by atoms with van der Waals surface area (Å²) in [5.74, 6) is 2.44. The summed E-state index contributed by atoms with van der Waals surface area (Å²) in [4.78, 5) is 4.59. The summed E-state index contributed by atoms with van der Waals surface area (Å²) in [5.41, 5.74) is 1.03. The SMILES string of the molecule is C/C=C/CCN=C(NCC)NC(C)c1cc(OC)ccc1OC. The molecule has 0 spiro atoms. The molecule has 0 saturated heterocycles. The first-order chi connectivity index (χ1) is 11.2. The third kappa shape index (κ3) is 6.22. The maximum Gasteiger partial charge on any atom is 0.191 e. The van der Waals surface area contributed by atoms with Crippen molar-refractivity contribution in [2.45, 2.75) is 33.2 Å². The number of benzene rings is 1. The fourth-order valence-corrected chi connectivity index (χ4v) is 2.20. The van der Waals surface area contributed by atoms with Crippen LogP contribution in [0.15, 0.2) is 35.3 Å². The predicted molar refractivity (Wildman–Crippen MR) is 96.5 cm³/mol. The van der Waals surface area contributed by atoms with Crippen molar-refractivity contribution in [3.05, 3.63) is 35.9 Å². The number of ether oxygens (including phenoxy) is 2. The van der Waals surface area contributed by atoms with Gasteiger partial charge in [-0.2, -0.15) is 0 Å². The molecule has 5 heteroatoms. The highest BCUT2D eigenvalue weighted by Gasteiger charge is 2.14. The third-order valence-electron chi connectivity index (χ3n) is 3.40. The molecular formula is C18H29N3O2. The van der Waals surface area contributed by atoms with Gasteiger partial charge >= 0.3 is 0 Å². The molecule has 1 atom stereocenters. The Labute approximate surface area is 139 Å². The second-order valence-electron chi connectivity index (χ2n) is 5.09. The summed E-state index contributed by atoms with van der Waals surface area (Å²) < 4.78 is 10.8. The van der Waals surface area contributed by atoms with E-state index in [-0.39, 0.29) is 6.04 Å². The second kappa shape index (κ2) is 10.5. The van der Waals surface area contributed by atoms with Crippen molar-refractivity contribution < 1.29 is 9.47 Å². The first-order valence-electron chi connectivity index (χ1n) is 8.04. The van der Waals surface area contributed by atoms with Crippen molar-refractivity contribution in [1.82, 2.24) is 10.6 Å². The zero-order valence-corrected chi connectivity index (χ0v) is 14.8. The number of rotatable bonds is 8. The largest absolute Gasteiger partial charge is 0.497 e. The molecule has 0 bridgehead atoms. The van der Waals surface area contributed by atoms with Gasteiger partial charge in [0.25, 0.3) is 0 Å². The Kier molecular flexibility index (Phi) is 8.65. The van der Waals surface area contributed by atoms with Gasteiger partial charge < -0.3 is 20.1 Å². The first-order valence-corrected chi connectivity index (χ1v) is 8.04. The van der Waals surface area contributed by atoms with Crippen molar-refractivity contribution in [2.24, 2.45) is 4.99 Å². The zero-order valence-electron chi connectivity index (χ0n) is 14.8. The van der Waals surface area contributed by atoms with Crippen LogP contribution in [0.4, 0.5) is 0 Å². The van der Waals surface area contributed by atoms with E-state index in [2.05, 4.69) is 35.5 Å². The van der Waals surface area contributed by atoms with Crippen molar-refractivity contribution in [2.75, 3.05) is 27.3 Å². The Morgan fingerprint density at radius 3 is 2.70 bits per heavy atom. The average molecular weight is 319 g/mol. The predicted octanol–water partition coefficient (Wildman–Crippen LogP) is 3.29. The molecule has 1 aromatic rings. The number of guanidine groups is 1. The Bertz CT molecular complexity index is 527. The maximum absolute atomic E-state index is 5.46. The van der Waals surface area contributed by atoms with E-state index in [1.807, 2.05) is 31.2 Å². The van der Waals surface area contributed by atoms with Crippen molar-refractivity contribution in [3.63, 3.8) is 0 Å². The van der Waals surface area contributed by atoms with Crippen LogP contribution >= 0.6 is 0 Å². The number of allylic oxidation sites excluding steroid dienone is 1. The van der Waals surface area contributed by atoms with Gasteiger partial charge in [0, 0.05) is 18.7 Å². The Morgan fingerprint density at radius 2 is 2.09 bits per heavy atom. The smallest absolute Gasteiger partial charge is 0.191 e. The van der Waals surface area contributed by atoms with E-state index in [1.165, 1.54) is 0 Å². The standard InChI is InChI=1S/C18H29N3O2/c1-6-8-9-12-20-18(19-7-2)21-14(3)16-13-15(22-4)10-11-17(16)23-5/h6,8,10-11,13-14H,7,9,12H2,1-5H3,(H2,19,20,21)/b8-6+. The maximum atomic E-state index is 5.46. The first kappa shape index (κ1) is 18.9. The highest BCUT2D eigenvalue weighted by molar-refractivity contribution is 5.80. The van der Waals surface area contributed by atoms with Crippen LogP contribution in [0.25, 0.3) is 0 Å². The fraction of sp³-hybridized carbons (Fsp3) is 0.500. The molecule has 128 valence electrons. The molecule has 5 nitrogen and oxygen atoms in total. The molecule has 0 radical (unpaired) electrons. The molecule has 23 heavy (non-hydrogen) atoms. The van der Waals surface area contributed by atoms with Gasteiger partial charge in [-0.15, -0.1) is 0 Å². The van der Waals surface area contributed by atoms with Gasteiger partial charge in [-0.3, -0.25) is 4.99 Å². The van der Waals surface area contributed by atoms with Crippen LogP contribution in [0.3, 0.4) is 0 Å². The monoisotopic (exact) mass is 319 g/mol. The van der Waals surface area contributed by atoms with Gasteiger partial charge in [-0.25, -0.2) is 0 Å². The normalized spacial score (nSPS) is 13.0. The molecular weight excluding hydrogens is 290 g/mol. The molecule has 0 amide bonds. The number of nitrogens with zero attached hydrogens (tertiary/aromatic N) is 1. The lowest BCUT2D eigenvalue weighted by molar-refractivity contribution is 0.394. The number of hydrogen-bond donors (Lipinski definition) is 2. The van der Waals surface area contributed by atoms with E-state index in [0.717, 1.165) is 42.5 Å². The van der Waals surface area contributed by atoms with Gasteiger partial charge in [0.2, 0.25) is 0 Å². The summed E-state index contributed by atoms with van der Waals surface area (Å²) in [6, 6.07) is 5.84. The molecule has 0 aromatic heterocycles. The lowest BCUT2D eigenvalue weighted by Gasteiger charge is -2.20. The molecule has 0 fully saturated rings. The molecule has 1 aromatic carbocycles. The van der Waals surface area contributed by atoms with Gasteiger partial charge in [-0.1, -0.05) is 12.2 Å². The quantitative estimate of drug-likeness (QED) is 0.334. The molecule has 1 rings (SSSR count). The minimum atomic E-state index is 0.0413. The van der Waals surface area contributed by atoms with E-state index >= 15 is 0 Å². The Morgan fingerprint density at radius 1 is 1.30 bits per heavy atom. The Balaban J connectivity index is 2.86. The van der Waals surface area contributed by atoms with Crippen molar-refractivity contribution >= 4 is 5.96 Å². The molecule has 0 aliphatic heterocycles. The lowest BCUT2D eigenvalue weighted by atomic mass is 10.1. The van der Waals surface area contributed by atoms with Gasteiger partial charge in [0.05, 0.1) is 20.3 Å². The van der Waals surface area contributed by atoms with Crippen molar-refractivity contribution in [1.29, 1.82) is 0 Å². The van der Waals surface area contributed by atoms with Crippen LogP contribution < -0.4 is 20.1 Å². The van der Waals surface area contributed by atoms with Crippen molar-refractivity contribution in [3.8, 4) is 11.5 Å². The van der Waals surface area contributed by atoms with Crippen LogP contribution in [0.5, 0.6) is 11.5 Å². The summed E-state index contributed by atoms with van der Waals surface area (Å²) >= 11 is 0. The van der Waals surface area contributed by atoms with E-state index in [9.17, 15) is 0 Å². The van der Waals surface area contributed by atoms with Gasteiger partial charge in [0.15, 0.2) is 5.96 Å². The summed E-state index contributed by atoms with van der Waals surface area (Å²) in [6.07, 6.45) is 5.09. The minimum absolute atomic E-state index is 0.0413.